The molecule has 0 saturated carbocycles. The van der Waals surface area contributed by atoms with Gasteiger partial charge in [-0.15, -0.1) is 0 Å². The van der Waals surface area contributed by atoms with Crippen molar-refractivity contribution in [2.45, 2.75) is 33.1 Å². The molecule has 0 radical (unpaired) electrons. The van der Waals surface area contributed by atoms with Crippen LogP contribution in [0.3, 0.4) is 0 Å². The van der Waals surface area contributed by atoms with Crippen LogP contribution in [0.15, 0.2) is 24.3 Å². The summed E-state index contributed by atoms with van der Waals surface area (Å²) < 4.78 is 0.947. The highest BCUT2D eigenvalue weighted by Crippen LogP contribution is 2.31. The summed E-state index contributed by atoms with van der Waals surface area (Å²) in [5.74, 6) is 1.26. The maximum Gasteiger partial charge on any atom is 0.162 e. The van der Waals surface area contributed by atoms with Gasteiger partial charge >= 0.3 is 0 Å². The van der Waals surface area contributed by atoms with Crippen molar-refractivity contribution in [1.29, 1.82) is 0 Å². The molecule has 0 aliphatic heterocycles. The number of rotatable bonds is 1. The van der Waals surface area contributed by atoms with Crippen molar-refractivity contribution in [2.24, 2.45) is 0 Å². The summed E-state index contributed by atoms with van der Waals surface area (Å²) in [7, 11) is 0. The number of hydrogen-bond donors (Lipinski definition) is 1. The highest BCUT2D eigenvalue weighted by molar-refractivity contribution is 14.1. The van der Waals surface area contributed by atoms with Crippen LogP contribution in [0, 0.1) is 10.5 Å². The lowest BCUT2D eigenvalue weighted by molar-refractivity contribution is 0.564. The van der Waals surface area contributed by atoms with Gasteiger partial charge in [-0.2, -0.15) is 0 Å². The molecule has 0 bridgehead atoms. The van der Waals surface area contributed by atoms with Crippen LogP contribution in [0.5, 0.6) is 0 Å². The molecule has 1 aromatic heterocycles. The summed E-state index contributed by atoms with van der Waals surface area (Å²) in [6.07, 6.45) is 0. The number of nitrogen functional groups attached to an aromatic ring is 1. The minimum Gasteiger partial charge on any atom is -0.383 e. The van der Waals surface area contributed by atoms with Crippen LogP contribution in [-0.2, 0) is 5.41 Å². The fourth-order valence-corrected chi connectivity index (χ4v) is 2.96. The molecule has 19 heavy (non-hydrogen) atoms. The zero-order valence-corrected chi connectivity index (χ0v) is 13.8. The van der Waals surface area contributed by atoms with Gasteiger partial charge in [0.2, 0.25) is 0 Å². The third-order valence-electron chi connectivity index (χ3n) is 2.97. The van der Waals surface area contributed by atoms with Crippen molar-refractivity contribution < 1.29 is 0 Å². The zero-order valence-electron chi connectivity index (χ0n) is 11.7. The van der Waals surface area contributed by atoms with E-state index in [0.29, 0.717) is 11.6 Å². The van der Waals surface area contributed by atoms with Gasteiger partial charge in [-0.3, -0.25) is 0 Å². The van der Waals surface area contributed by atoms with Crippen molar-refractivity contribution in [2.75, 3.05) is 5.73 Å². The van der Waals surface area contributed by atoms with Crippen LogP contribution >= 0.6 is 22.6 Å². The van der Waals surface area contributed by atoms with Crippen LogP contribution in [0.2, 0.25) is 0 Å². The van der Waals surface area contributed by atoms with E-state index in [1.165, 1.54) is 0 Å². The van der Waals surface area contributed by atoms with E-state index in [1.807, 2.05) is 18.2 Å². The Kier molecular flexibility index (Phi) is 3.80. The van der Waals surface area contributed by atoms with E-state index in [2.05, 4.69) is 61.3 Å². The van der Waals surface area contributed by atoms with Gasteiger partial charge in [0, 0.05) is 11.0 Å². The summed E-state index contributed by atoms with van der Waals surface area (Å²) in [4.78, 5) is 9.17. The Morgan fingerprint density at radius 3 is 2.32 bits per heavy atom. The molecule has 0 saturated heterocycles. The standard InChI is InChI=1S/C15H18IN3/c1-9-7-5-6-8-10(9)14-18-12(15(2,3)4)11(16)13(17)19-14/h5-8H,1-4H3,(H2,17,18,19). The second-order valence-electron chi connectivity index (χ2n) is 5.66. The van der Waals surface area contributed by atoms with Gasteiger partial charge in [0.05, 0.1) is 9.26 Å². The number of benzene rings is 1. The molecule has 0 aliphatic rings. The number of aromatic nitrogens is 2. The molecular formula is C15H18IN3. The summed E-state index contributed by atoms with van der Waals surface area (Å²) in [6, 6.07) is 8.10. The number of nitrogens with two attached hydrogens (primary N) is 1. The molecule has 2 N–H and O–H groups in total. The summed E-state index contributed by atoms with van der Waals surface area (Å²) in [5, 5.41) is 0. The van der Waals surface area contributed by atoms with Crippen LogP contribution in [0.1, 0.15) is 32.0 Å². The van der Waals surface area contributed by atoms with E-state index in [-0.39, 0.29) is 5.41 Å². The topological polar surface area (TPSA) is 51.8 Å². The molecule has 0 amide bonds. The van der Waals surface area contributed by atoms with Gasteiger partial charge in [-0.1, -0.05) is 45.0 Å². The molecular weight excluding hydrogens is 349 g/mol. The molecule has 0 unspecified atom stereocenters. The average molecular weight is 367 g/mol. The lowest BCUT2D eigenvalue weighted by atomic mass is 9.91. The molecule has 0 spiro atoms. The predicted octanol–water partition coefficient (Wildman–Crippen LogP) is 3.94. The van der Waals surface area contributed by atoms with Gasteiger partial charge < -0.3 is 5.73 Å². The highest BCUT2D eigenvalue weighted by atomic mass is 127. The Bertz CT molecular complexity index is 615. The van der Waals surface area contributed by atoms with Gasteiger partial charge in [0.15, 0.2) is 5.82 Å². The molecule has 0 atom stereocenters. The molecule has 1 heterocycles. The first-order valence-electron chi connectivity index (χ1n) is 6.20. The van der Waals surface area contributed by atoms with Crippen LogP contribution < -0.4 is 5.73 Å². The van der Waals surface area contributed by atoms with Crippen molar-refractivity contribution in [3.63, 3.8) is 0 Å². The van der Waals surface area contributed by atoms with Crippen molar-refractivity contribution >= 4 is 28.4 Å². The quantitative estimate of drug-likeness (QED) is 0.777. The molecule has 3 nitrogen and oxygen atoms in total. The van der Waals surface area contributed by atoms with Gasteiger partial charge in [-0.25, -0.2) is 9.97 Å². The lowest BCUT2D eigenvalue weighted by Crippen LogP contribution is -2.18. The lowest BCUT2D eigenvalue weighted by Gasteiger charge is -2.21. The van der Waals surface area contributed by atoms with E-state index in [1.54, 1.807) is 0 Å². The van der Waals surface area contributed by atoms with Crippen LogP contribution in [0.4, 0.5) is 5.82 Å². The number of hydrogen-bond acceptors (Lipinski definition) is 3. The fourth-order valence-electron chi connectivity index (χ4n) is 1.91. The maximum absolute atomic E-state index is 6.05. The summed E-state index contributed by atoms with van der Waals surface area (Å²) in [6.45, 7) is 8.47. The SMILES string of the molecule is Cc1ccccc1-c1nc(N)c(I)c(C(C)(C)C)n1. The smallest absolute Gasteiger partial charge is 0.162 e. The summed E-state index contributed by atoms with van der Waals surface area (Å²) in [5.41, 5.74) is 9.19. The largest absolute Gasteiger partial charge is 0.383 e. The third-order valence-corrected chi connectivity index (χ3v) is 4.04. The normalized spacial score (nSPS) is 11.6. The maximum atomic E-state index is 6.05. The van der Waals surface area contributed by atoms with Crippen LogP contribution in [0.25, 0.3) is 11.4 Å². The number of aryl methyl sites for hydroxylation is 1. The Morgan fingerprint density at radius 2 is 1.74 bits per heavy atom. The average Bonchev–Trinajstić information content (AvgIpc) is 2.31. The Labute approximate surface area is 127 Å². The Morgan fingerprint density at radius 1 is 1.11 bits per heavy atom. The third kappa shape index (κ3) is 2.88. The summed E-state index contributed by atoms with van der Waals surface area (Å²) >= 11 is 2.22. The number of halogens is 1. The highest BCUT2D eigenvalue weighted by Gasteiger charge is 2.22. The molecule has 1 aromatic carbocycles. The first-order chi connectivity index (χ1) is 8.80. The van der Waals surface area contributed by atoms with E-state index in [0.717, 1.165) is 20.4 Å². The Hall–Kier alpha value is -1.17. The van der Waals surface area contributed by atoms with E-state index in [4.69, 9.17) is 10.7 Å². The second kappa shape index (κ2) is 5.07. The monoisotopic (exact) mass is 367 g/mol. The molecule has 100 valence electrons. The molecule has 2 aromatic rings. The van der Waals surface area contributed by atoms with Crippen LogP contribution in [-0.4, -0.2) is 9.97 Å². The van der Waals surface area contributed by atoms with Gasteiger partial charge in [0.25, 0.3) is 0 Å². The minimum atomic E-state index is -0.0506. The molecule has 4 heteroatoms. The van der Waals surface area contributed by atoms with E-state index in [9.17, 15) is 0 Å². The minimum absolute atomic E-state index is 0.0506. The van der Waals surface area contributed by atoms with Crippen molar-refractivity contribution in [1.82, 2.24) is 9.97 Å². The van der Waals surface area contributed by atoms with E-state index < -0.39 is 0 Å². The number of nitrogens with zero attached hydrogens (tertiary/aromatic N) is 2. The van der Waals surface area contributed by atoms with Gasteiger partial charge in [-0.05, 0) is 35.1 Å². The molecule has 0 fully saturated rings. The van der Waals surface area contributed by atoms with E-state index >= 15 is 0 Å². The first-order valence-corrected chi connectivity index (χ1v) is 7.28. The fraction of sp³-hybridized carbons (Fsp3) is 0.333. The second-order valence-corrected chi connectivity index (χ2v) is 6.74. The Balaban J connectivity index is 2.68. The first kappa shape index (κ1) is 14.2. The molecule has 2 rings (SSSR count). The zero-order chi connectivity index (χ0) is 14.2. The van der Waals surface area contributed by atoms with Crippen molar-refractivity contribution in [3.05, 3.63) is 39.1 Å². The van der Waals surface area contributed by atoms with Crippen molar-refractivity contribution in [3.8, 4) is 11.4 Å². The molecule has 0 aliphatic carbocycles. The number of anilines is 1. The van der Waals surface area contributed by atoms with Gasteiger partial charge in [0.1, 0.15) is 5.82 Å². The predicted molar refractivity (Wildman–Crippen MR) is 88.0 cm³/mol.